The number of halogens is 11. The van der Waals surface area contributed by atoms with E-state index in [9.17, 15) is 4.79 Å². The summed E-state index contributed by atoms with van der Waals surface area (Å²) in [7, 11) is 0. The molecule has 624 valence electrons. The second-order valence-electron chi connectivity index (χ2n) is 28.3. The molecular formula is C115H77Br7Cl4OSi. The number of terminal acetylenes is 2. The summed E-state index contributed by atoms with van der Waals surface area (Å²) in [6, 6.07) is 144. The molecule has 0 radical (unpaired) electrons. The van der Waals surface area contributed by atoms with Crippen LogP contribution < -0.4 is 0 Å². The SMILES string of the molecule is Brc1ccc(-c2cc(-c3ccc(Br)cc3)cc(-c3ccc(Br)cc3)c2)cc1.Brc1ccc(-c2cc(-c3ccc(Br)cc3)cc(-c3ccc(Br)cc3)c2)cc1.C#CC.C#Cc1ccccc1.C(#Cc1ccc(-c2cc(-c3ccc(C#Cc4ccccc4)cc3)cc(-c3ccc(C#Cc4ccccc4)cc3)c2)cc1)c1ccccc1.CC(=O)c1ccc(Br)cc1.Cl[Si](Cl)(Cl)Cl. The largest absolute Gasteiger partial charge is 0.440 e. The van der Waals surface area contributed by atoms with Gasteiger partial charge >= 0.3 is 5.31 Å². The Labute approximate surface area is 831 Å². The van der Waals surface area contributed by atoms with Crippen molar-refractivity contribution in [3.05, 3.63) is 494 Å². The number of hydrogen-bond acceptors (Lipinski definition) is 1. The summed E-state index contributed by atoms with van der Waals surface area (Å²) in [5.74, 6) is 24.5. The third-order valence-electron chi connectivity index (χ3n) is 19.1. The number of carbonyl (C=O) groups excluding carboxylic acids is 1. The standard InChI is InChI=1S/C48H30.2C24H15Br3.C8H7BrO.C8H6.C3H4.Cl4Si/c1-4-10-37(11-5-1)16-19-40-22-28-43(29-23-40)46-34-47(44-30-24-41(25-31-44)20-17-38-12-6-2-7-13-38)36-48(35-46)45-32-26-42(27-33-45)21-18-39-14-8-3-9-15-39;2*25-22-7-1-16(2-8-22)19-13-20(17-3-9-23(26)10-4-17)15-21(14-19)18-5-11-24(27)12-6-18;1-6(10)7-2-4-8(9)5-3-7;1-2-8-6-4-3-5-7-8;1-3-2;1-5(2,3)4/h1-15,22-36H;2*1-15H;2-5H,1H3;1,3-7H;1H,2H3;. The zero-order valence-electron chi connectivity index (χ0n) is 69.1. The smallest absolute Gasteiger partial charge is 0.295 e. The molecule has 0 atom stereocenters. The van der Waals surface area contributed by atoms with Gasteiger partial charge < -0.3 is 0 Å². The van der Waals surface area contributed by atoms with Crippen LogP contribution >= 0.6 is 156 Å². The van der Waals surface area contributed by atoms with Gasteiger partial charge in [0.15, 0.2) is 5.78 Å². The van der Waals surface area contributed by atoms with Crippen molar-refractivity contribution in [1.82, 2.24) is 0 Å². The fourth-order valence-corrected chi connectivity index (χ4v) is 14.5. The molecule has 0 spiro atoms. The molecule has 0 N–H and O–H groups in total. The van der Waals surface area contributed by atoms with E-state index in [1.165, 1.54) is 66.8 Å². The number of carbonyl (C=O) groups is 1. The lowest BCUT2D eigenvalue weighted by Crippen LogP contribution is -1.91. The van der Waals surface area contributed by atoms with Crippen molar-refractivity contribution in [2.24, 2.45) is 0 Å². The van der Waals surface area contributed by atoms with E-state index in [2.05, 4.69) is 438 Å². The van der Waals surface area contributed by atoms with Crippen LogP contribution in [0.25, 0.3) is 100 Å². The molecule has 128 heavy (non-hydrogen) atoms. The van der Waals surface area contributed by atoms with Gasteiger partial charge in [0.25, 0.3) is 0 Å². The highest BCUT2D eigenvalue weighted by atomic mass is 79.9. The van der Waals surface area contributed by atoms with E-state index in [4.69, 9.17) is 50.7 Å². The molecule has 17 aromatic rings. The number of Topliss-reactive ketones (excluding diaryl/α,β-unsaturated/α-hetero) is 1. The summed E-state index contributed by atoms with van der Waals surface area (Å²) in [5, 5.41) is -2.72. The molecule has 0 saturated carbocycles. The van der Waals surface area contributed by atoms with E-state index in [1.807, 2.05) is 133 Å². The Morgan fingerprint density at radius 3 is 0.492 bits per heavy atom. The molecular weight excluding hydrogens is 2130 g/mol. The Bertz CT molecular complexity index is 6000. The maximum atomic E-state index is 10.7. The van der Waals surface area contributed by atoms with E-state index in [0.29, 0.717) is 0 Å². The average molecular weight is 2200 g/mol. The van der Waals surface area contributed by atoms with Gasteiger partial charge in [0.2, 0.25) is 0 Å². The fourth-order valence-electron chi connectivity index (χ4n) is 12.7. The topological polar surface area (TPSA) is 17.1 Å². The molecule has 0 saturated heterocycles. The summed E-state index contributed by atoms with van der Waals surface area (Å²) < 4.78 is 7.52. The van der Waals surface area contributed by atoms with Crippen molar-refractivity contribution >= 4 is 167 Å². The van der Waals surface area contributed by atoms with E-state index in [0.717, 1.165) is 109 Å². The quantitative estimate of drug-likeness (QED) is 0.0577. The number of rotatable bonds is 10. The van der Waals surface area contributed by atoms with Crippen LogP contribution in [0.3, 0.4) is 0 Å². The predicted octanol–water partition coefficient (Wildman–Crippen LogP) is 36.2. The molecule has 0 aliphatic rings. The molecule has 0 aliphatic carbocycles. The highest BCUT2D eigenvalue weighted by Crippen LogP contribution is 2.39. The Kier molecular flexibility index (Phi) is 38.6. The van der Waals surface area contributed by atoms with Gasteiger partial charge in [-0.3, -0.25) is 4.79 Å². The molecule has 13 heteroatoms. The van der Waals surface area contributed by atoms with Crippen LogP contribution in [0, 0.1) is 60.2 Å². The van der Waals surface area contributed by atoms with Gasteiger partial charge in [0.1, 0.15) is 0 Å². The van der Waals surface area contributed by atoms with Gasteiger partial charge in [-0.15, -0.1) is 63.1 Å². The second kappa shape index (κ2) is 50.6. The van der Waals surface area contributed by atoms with E-state index >= 15 is 0 Å². The summed E-state index contributed by atoms with van der Waals surface area (Å²) in [6.45, 7) is 3.21. The highest BCUT2D eigenvalue weighted by Gasteiger charge is 2.19. The number of ketones is 1. The molecule has 0 heterocycles. The Morgan fingerprint density at radius 2 is 0.352 bits per heavy atom. The highest BCUT2D eigenvalue weighted by molar-refractivity contribution is 9.11. The minimum absolute atomic E-state index is 0.104. The van der Waals surface area contributed by atoms with Crippen molar-refractivity contribution < 1.29 is 4.79 Å². The first-order valence-corrected chi connectivity index (χ1v) is 51.5. The van der Waals surface area contributed by atoms with Crippen LogP contribution in [0.4, 0.5) is 0 Å². The minimum atomic E-state index is -2.72. The van der Waals surface area contributed by atoms with Gasteiger partial charge in [-0.25, -0.2) is 0 Å². The molecule has 0 fully saturated rings. The van der Waals surface area contributed by atoms with Crippen LogP contribution in [0.1, 0.15) is 63.1 Å². The van der Waals surface area contributed by atoms with E-state index in [1.54, 1.807) is 26.0 Å². The Balaban J connectivity index is 0.000000169. The zero-order valence-corrected chi connectivity index (χ0v) is 84.2. The van der Waals surface area contributed by atoms with E-state index in [-0.39, 0.29) is 5.78 Å². The molecule has 17 aromatic carbocycles. The zero-order chi connectivity index (χ0) is 90.6. The van der Waals surface area contributed by atoms with Crippen LogP contribution in [-0.2, 0) is 0 Å². The average Bonchev–Trinajstić information content (AvgIpc) is 0.811. The molecule has 0 aliphatic heterocycles. The monoisotopic (exact) mass is 2190 g/mol. The van der Waals surface area contributed by atoms with Crippen LogP contribution in [0.15, 0.2) is 450 Å². The van der Waals surface area contributed by atoms with Crippen LogP contribution in [0.2, 0.25) is 0 Å². The Morgan fingerprint density at radius 1 is 0.219 bits per heavy atom. The lowest BCUT2D eigenvalue weighted by Gasteiger charge is -2.12. The molecule has 0 aromatic heterocycles. The third-order valence-corrected chi connectivity index (χ3v) is 22.8. The maximum Gasteiger partial charge on any atom is 0.440 e. The van der Waals surface area contributed by atoms with Crippen molar-refractivity contribution in [3.8, 4) is 160 Å². The van der Waals surface area contributed by atoms with Gasteiger partial charge in [0.05, 0.1) is 0 Å². The van der Waals surface area contributed by atoms with Gasteiger partial charge in [-0.05, 0) is 338 Å². The van der Waals surface area contributed by atoms with Crippen molar-refractivity contribution in [2.75, 3.05) is 0 Å². The van der Waals surface area contributed by atoms with Crippen LogP contribution in [-0.4, -0.2) is 11.1 Å². The van der Waals surface area contributed by atoms with Crippen molar-refractivity contribution in [3.63, 3.8) is 0 Å². The Hall–Kier alpha value is -11.1. The number of benzene rings is 17. The summed E-state index contributed by atoms with van der Waals surface area (Å²) in [4.78, 5) is 10.7. The maximum absolute atomic E-state index is 10.7. The fraction of sp³-hybridized carbons (Fsp3) is 0.0174. The second-order valence-corrected chi connectivity index (χ2v) is 45.9. The van der Waals surface area contributed by atoms with Gasteiger partial charge in [0, 0.05) is 75.8 Å². The molecule has 0 bridgehead atoms. The summed E-state index contributed by atoms with van der Waals surface area (Å²) in [6.07, 6.45) is 9.70. The summed E-state index contributed by atoms with van der Waals surface area (Å²) >= 11 is 44.3. The van der Waals surface area contributed by atoms with E-state index < -0.39 is 5.31 Å². The molecule has 1 nitrogen and oxygen atoms in total. The molecule has 17 rings (SSSR count). The lowest BCUT2D eigenvalue weighted by molar-refractivity contribution is 0.101. The molecule has 0 unspecified atom stereocenters. The first-order valence-electron chi connectivity index (χ1n) is 39.9. The molecule has 0 amide bonds. The first-order chi connectivity index (χ1) is 62.0. The van der Waals surface area contributed by atoms with Crippen molar-refractivity contribution in [1.29, 1.82) is 0 Å². The van der Waals surface area contributed by atoms with Crippen molar-refractivity contribution in [2.45, 2.75) is 13.8 Å². The van der Waals surface area contributed by atoms with Gasteiger partial charge in [-0.1, -0.05) is 347 Å². The predicted molar refractivity (Wildman–Crippen MR) is 574 cm³/mol. The van der Waals surface area contributed by atoms with Gasteiger partial charge in [-0.2, -0.15) is 0 Å². The third kappa shape index (κ3) is 32.6. The minimum Gasteiger partial charge on any atom is -0.295 e. The summed E-state index contributed by atoms with van der Waals surface area (Å²) in [5.41, 5.74) is 29.0. The first kappa shape index (κ1) is 97.6. The lowest BCUT2D eigenvalue weighted by atomic mass is 9.92. The normalized spacial score (nSPS) is 10.1. The number of hydrogen-bond donors (Lipinski definition) is 0. The van der Waals surface area contributed by atoms with Crippen LogP contribution in [0.5, 0.6) is 0 Å².